The lowest BCUT2D eigenvalue weighted by molar-refractivity contribution is -0.139. The SMILES string of the molecule is CN(N)c1cccc(C(F)(F)F)c1OCc1ccccn1. The number of hydrogen-bond acceptors (Lipinski definition) is 4. The van der Waals surface area contributed by atoms with Crippen LogP contribution in [-0.2, 0) is 12.8 Å². The lowest BCUT2D eigenvalue weighted by Crippen LogP contribution is -2.26. The molecule has 4 nitrogen and oxygen atoms in total. The number of benzene rings is 1. The van der Waals surface area contributed by atoms with Crippen molar-refractivity contribution in [2.24, 2.45) is 5.84 Å². The third-order valence-corrected chi connectivity index (χ3v) is 2.77. The molecule has 0 atom stereocenters. The number of hydrazine groups is 1. The molecule has 1 heterocycles. The van der Waals surface area contributed by atoms with E-state index in [9.17, 15) is 13.2 Å². The third-order valence-electron chi connectivity index (χ3n) is 2.77. The Bertz CT molecular complexity index is 600. The highest BCUT2D eigenvalue weighted by molar-refractivity contribution is 5.61. The van der Waals surface area contributed by atoms with Crippen LogP contribution >= 0.6 is 0 Å². The van der Waals surface area contributed by atoms with Crippen molar-refractivity contribution in [2.45, 2.75) is 12.8 Å². The third kappa shape index (κ3) is 3.63. The molecular weight excluding hydrogens is 283 g/mol. The lowest BCUT2D eigenvalue weighted by atomic mass is 10.1. The van der Waals surface area contributed by atoms with E-state index in [0.717, 1.165) is 11.1 Å². The number of halogens is 3. The number of ether oxygens (including phenoxy) is 1. The van der Waals surface area contributed by atoms with Gasteiger partial charge in [-0.3, -0.25) is 4.98 Å². The van der Waals surface area contributed by atoms with E-state index in [1.807, 2.05) is 0 Å². The summed E-state index contributed by atoms with van der Waals surface area (Å²) in [6.07, 6.45) is -2.98. The fourth-order valence-corrected chi connectivity index (χ4v) is 1.81. The first kappa shape index (κ1) is 15.1. The largest absolute Gasteiger partial charge is 0.484 e. The number of rotatable bonds is 4. The van der Waals surface area contributed by atoms with Crippen LogP contribution in [0.4, 0.5) is 18.9 Å². The summed E-state index contributed by atoms with van der Waals surface area (Å²) in [5.74, 6) is 5.26. The van der Waals surface area contributed by atoms with Gasteiger partial charge in [0.05, 0.1) is 16.9 Å². The van der Waals surface area contributed by atoms with Gasteiger partial charge in [-0.1, -0.05) is 12.1 Å². The summed E-state index contributed by atoms with van der Waals surface area (Å²) in [6, 6.07) is 8.82. The van der Waals surface area contributed by atoms with Crippen LogP contribution in [0, 0.1) is 0 Å². The smallest absolute Gasteiger partial charge is 0.420 e. The number of anilines is 1. The van der Waals surface area contributed by atoms with Gasteiger partial charge < -0.3 is 9.75 Å². The molecule has 2 aromatic rings. The number of hydrogen-bond donors (Lipinski definition) is 1. The van der Waals surface area contributed by atoms with Gasteiger partial charge in [0.1, 0.15) is 6.61 Å². The van der Waals surface area contributed by atoms with Gasteiger partial charge in [0, 0.05) is 13.2 Å². The normalized spacial score (nSPS) is 11.3. The van der Waals surface area contributed by atoms with Crippen molar-refractivity contribution in [3.63, 3.8) is 0 Å². The van der Waals surface area contributed by atoms with E-state index in [-0.39, 0.29) is 18.0 Å². The highest BCUT2D eigenvalue weighted by Gasteiger charge is 2.35. The molecule has 0 amide bonds. The van der Waals surface area contributed by atoms with E-state index >= 15 is 0 Å². The first-order valence-electron chi connectivity index (χ1n) is 6.11. The van der Waals surface area contributed by atoms with Gasteiger partial charge in [-0.25, -0.2) is 5.84 Å². The molecule has 0 fully saturated rings. The van der Waals surface area contributed by atoms with Crippen molar-refractivity contribution in [1.82, 2.24) is 4.98 Å². The molecule has 2 rings (SSSR count). The number of nitrogens with two attached hydrogens (primary N) is 1. The second kappa shape index (κ2) is 6.01. The minimum atomic E-state index is -4.52. The van der Waals surface area contributed by atoms with Crippen molar-refractivity contribution in [3.8, 4) is 5.75 Å². The van der Waals surface area contributed by atoms with Crippen LogP contribution in [-0.4, -0.2) is 12.0 Å². The quantitative estimate of drug-likeness (QED) is 0.696. The van der Waals surface area contributed by atoms with E-state index in [1.54, 1.807) is 24.4 Å². The highest BCUT2D eigenvalue weighted by Crippen LogP contribution is 2.41. The molecule has 0 bridgehead atoms. The second-order valence-corrected chi connectivity index (χ2v) is 4.37. The van der Waals surface area contributed by atoms with Gasteiger partial charge in [0.2, 0.25) is 0 Å². The van der Waals surface area contributed by atoms with Gasteiger partial charge in [0.25, 0.3) is 0 Å². The molecule has 7 heteroatoms. The lowest BCUT2D eigenvalue weighted by Gasteiger charge is -2.21. The summed E-state index contributed by atoms with van der Waals surface area (Å²) in [5, 5.41) is 1.09. The van der Waals surface area contributed by atoms with Crippen LogP contribution in [0.3, 0.4) is 0 Å². The average Bonchev–Trinajstić information content (AvgIpc) is 2.44. The van der Waals surface area contributed by atoms with Crippen LogP contribution in [0.2, 0.25) is 0 Å². The zero-order valence-electron chi connectivity index (χ0n) is 11.3. The topological polar surface area (TPSA) is 51.4 Å². The minimum Gasteiger partial charge on any atom is -0.484 e. The average molecular weight is 297 g/mol. The van der Waals surface area contributed by atoms with Crippen LogP contribution in [0.15, 0.2) is 42.6 Å². The molecule has 2 N–H and O–H groups in total. The monoisotopic (exact) mass is 297 g/mol. The van der Waals surface area contributed by atoms with E-state index < -0.39 is 11.7 Å². The molecule has 0 saturated carbocycles. The maximum Gasteiger partial charge on any atom is 0.420 e. The summed E-state index contributed by atoms with van der Waals surface area (Å²) in [7, 11) is 1.45. The Balaban J connectivity index is 2.35. The number of nitrogens with zero attached hydrogens (tertiary/aromatic N) is 2. The van der Waals surface area contributed by atoms with Crippen LogP contribution in [0.5, 0.6) is 5.75 Å². The zero-order valence-corrected chi connectivity index (χ0v) is 11.3. The molecular formula is C14H14F3N3O. The van der Waals surface area contributed by atoms with E-state index in [1.165, 1.54) is 19.2 Å². The maximum atomic E-state index is 13.1. The first-order valence-corrected chi connectivity index (χ1v) is 6.11. The summed E-state index contributed by atoms with van der Waals surface area (Å²) in [4.78, 5) is 4.01. The summed E-state index contributed by atoms with van der Waals surface area (Å²) in [6.45, 7) is -0.0746. The summed E-state index contributed by atoms with van der Waals surface area (Å²) < 4.78 is 44.5. The molecule has 0 aliphatic rings. The van der Waals surface area contributed by atoms with Gasteiger partial charge in [-0.05, 0) is 24.3 Å². The van der Waals surface area contributed by atoms with E-state index in [0.29, 0.717) is 5.69 Å². The Kier molecular flexibility index (Phi) is 4.32. The summed E-state index contributed by atoms with van der Waals surface area (Å²) in [5.41, 5.74) is -0.186. The van der Waals surface area contributed by atoms with Crippen LogP contribution in [0.25, 0.3) is 0 Å². The van der Waals surface area contributed by atoms with Crippen molar-refractivity contribution in [1.29, 1.82) is 0 Å². The van der Waals surface area contributed by atoms with E-state index in [4.69, 9.17) is 10.6 Å². The highest BCUT2D eigenvalue weighted by atomic mass is 19.4. The zero-order chi connectivity index (χ0) is 15.5. The Labute approximate surface area is 119 Å². The van der Waals surface area contributed by atoms with Gasteiger partial charge >= 0.3 is 6.18 Å². The number of para-hydroxylation sites is 1. The first-order chi connectivity index (χ1) is 9.89. The number of aromatic nitrogens is 1. The maximum absolute atomic E-state index is 13.1. The molecule has 1 aromatic heterocycles. The molecule has 0 unspecified atom stereocenters. The molecule has 0 spiro atoms. The molecule has 0 aliphatic heterocycles. The number of alkyl halides is 3. The molecule has 0 radical (unpaired) electrons. The van der Waals surface area contributed by atoms with Crippen molar-refractivity contribution >= 4 is 5.69 Å². The fraction of sp³-hybridized carbons (Fsp3) is 0.214. The van der Waals surface area contributed by atoms with Crippen molar-refractivity contribution in [2.75, 3.05) is 12.1 Å². The summed E-state index contributed by atoms with van der Waals surface area (Å²) >= 11 is 0. The van der Waals surface area contributed by atoms with Crippen LogP contribution in [0.1, 0.15) is 11.3 Å². The molecule has 1 aromatic carbocycles. The molecule has 0 aliphatic carbocycles. The van der Waals surface area contributed by atoms with Crippen LogP contribution < -0.4 is 15.6 Å². The Morgan fingerprint density at radius 2 is 1.95 bits per heavy atom. The Morgan fingerprint density at radius 1 is 1.19 bits per heavy atom. The van der Waals surface area contributed by atoms with Crippen molar-refractivity contribution in [3.05, 3.63) is 53.9 Å². The standard InChI is InChI=1S/C14H14F3N3O/c1-20(18)12-7-4-6-11(14(15,16)17)13(12)21-9-10-5-2-3-8-19-10/h2-8H,9,18H2,1H3. The molecule has 0 saturated heterocycles. The molecule has 112 valence electrons. The minimum absolute atomic E-state index is 0.0746. The number of pyridine rings is 1. The van der Waals surface area contributed by atoms with Gasteiger partial charge in [0.15, 0.2) is 5.75 Å². The van der Waals surface area contributed by atoms with Crippen molar-refractivity contribution < 1.29 is 17.9 Å². The predicted molar refractivity (Wildman–Crippen MR) is 72.6 cm³/mol. The Hall–Kier alpha value is -2.28. The Morgan fingerprint density at radius 3 is 2.52 bits per heavy atom. The second-order valence-electron chi connectivity index (χ2n) is 4.37. The molecule has 21 heavy (non-hydrogen) atoms. The van der Waals surface area contributed by atoms with Gasteiger partial charge in [-0.2, -0.15) is 13.2 Å². The van der Waals surface area contributed by atoms with Gasteiger partial charge in [-0.15, -0.1) is 0 Å². The predicted octanol–water partition coefficient (Wildman–Crippen LogP) is 2.99. The fourth-order valence-electron chi connectivity index (χ4n) is 1.81. The van der Waals surface area contributed by atoms with E-state index in [2.05, 4.69) is 4.98 Å².